The fourth-order valence-corrected chi connectivity index (χ4v) is 3.14. The second-order valence-corrected chi connectivity index (χ2v) is 5.27. The van der Waals surface area contributed by atoms with Crippen LogP contribution in [-0.2, 0) is 10.2 Å². The van der Waals surface area contributed by atoms with Crippen LogP contribution < -0.4 is 0 Å². The van der Waals surface area contributed by atoms with Gasteiger partial charge in [-0.05, 0) is 31.4 Å². The van der Waals surface area contributed by atoms with E-state index >= 15 is 0 Å². The Morgan fingerprint density at radius 2 is 2.11 bits per heavy atom. The topological polar surface area (TPSA) is 45.2 Å². The Kier molecular flexibility index (Phi) is 2.88. The van der Waals surface area contributed by atoms with Gasteiger partial charge in [0.15, 0.2) is 0 Å². The average Bonchev–Trinajstić information content (AvgIpc) is 2.66. The first-order valence-electron chi connectivity index (χ1n) is 6.53. The van der Waals surface area contributed by atoms with E-state index in [-0.39, 0.29) is 12.0 Å². The van der Waals surface area contributed by atoms with Gasteiger partial charge in [0.25, 0.3) is 0 Å². The SMILES string of the molecule is Cc1[nH]c2ccccc2c1C1(CCCO)COC1. The van der Waals surface area contributed by atoms with Crippen molar-refractivity contribution >= 4 is 10.9 Å². The number of hydrogen-bond acceptors (Lipinski definition) is 2. The van der Waals surface area contributed by atoms with Gasteiger partial charge in [0.05, 0.1) is 13.2 Å². The van der Waals surface area contributed by atoms with Gasteiger partial charge >= 0.3 is 0 Å². The number of fused-ring (bicyclic) bond motifs is 1. The third-order valence-electron chi connectivity index (χ3n) is 3.99. The van der Waals surface area contributed by atoms with E-state index in [9.17, 15) is 0 Å². The van der Waals surface area contributed by atoms with Gasteiger partial charge in [0, 0.05) is 28.6 Å². The molecule has 0 saturated carbocycles. The maximum absolute atomic E-state index is 9.08. The van der Waals surface area contributed by atoms with Crippen LogP contribution in [0, 0.1) is 6.92 Å². The minimum absolute atomic E-state index is 0.104. The normalized spacial score (nSPS) is 17.9. The number of nitrogens with one attached hydrogen (secondary N) is 1. The van der Waals surface area contributed by atoms with Crippen molar-refractivity contribution in [1.82, 2.24) is 4.98 Å². The Morgan fingerprint density at radius 3 is 2.78 bits per heavy atom. The number of aliphatic hydroxyl groups is 1. The first-order chi connectivity index (χ1) is 8.77. The molecule has 1 aliphatic rings. The van der Waals surface area contributed by atoms with Crippen molar-refractivity contribution in [3.63, 3.8) is 0 Å². The van der Waals surface area contributed by atoms with Crippen LogP contribution in [-0.4, -0.2) is 29.9 Å². The summed E-state index contributed by atoms with van der Waals surface area (Å²) in [5.41, 5.74) is 3.92. The quantitative estimate of drug-likeness (QED) is 0.869. The predicted molar refractivity (Wildman–Crippen MR) is 71.9 cm³/mol. The van der Waals surface area contributed by atoms with Crippen molar-refractivity contribution in [1.29, 1.82) is 0 Å². The molecule has 0 amide bonds. The maximum Gasteiger partial charge on any atom is 0.0586 e. The van der Waals surface area contributed by atoms with E-state index in [1.54, 1.807) is 0 Å². The Labute approximate surface area is 107 Å². The fraction of sp³-hybridized carbons (Fsp3) is 0.467. The number of ether oxygens (including phenoxy) is 1. The third kappa shape index (κ3) is 1.66. The van der Waals surface area contributed by atoms with Gasteiger partial charge in [0.2, 0.25) is 0 Å². The molecule has 0 unspecified atom stereocenters. The number of aromatic amines is 1. The lowest BCUT2D eigenvalue weighted by molar-refractivity contribution is -0.0660. The van der Waals surface area contributed by atoms with E-state index in [0.717, 1.165) is 26.1 Å². The molecule has 0 atom stereocenters. The van der Waals surface area contributed by atoms with Gasteiger partial charge < -0.3 is 14.8 Å². The van der Waals surface area contributed by atoms with Crippen LogP contribution in [0.5, 0.6) is 0 Å². The summed E-state index contributed by atoms with van der Waals surface area (Å²) in [6.45, 7) is 3.93. The first-order valence-corrected chi connectivity index (χ1v) is 6.53. The zero-order valence-corrected chi connectivity index (χ0v) is 10.7. The molecular formula is C15H19NO2. The number of aromatic nitrogens is 1. The summed E-state index contributed by atoms with van der Waals surface area (Å²) in [5, 5.41) is 10.4. The van der Waals surface area contributed by atoms with Crippen LogP contribution in [0.25, 0.3) is 10.9 Å². The van der Waals surface area contributed by atoms with E-state index < -0.39 is 0 Å². The highest BCUT2D eigenvalue weighted by Gasteiger charge is 2.42. The van der Waals surface area contributed by atoms with Gasteiger partial charge in [0.1, 0.15) is 0 Å². The van der Waals surface area contributed by atoms with E-state index in [1.165, 1.54) is 22.2 Å². The molecule has 1 aromatic heterocycles. The fourth-order valence-electron chi connectivity index (χ4n) is 3.14. The number of benzene rings is 1. The van der Waals surface area contributed by atoms with Gasteiger partial charge in [-0.25, -0.2) is 0 Å². The van der Waals surface area contributed by atoms with Gasteiger partial charge in [-0.2, -0.15) is 0 Å². The van der Waals surface area contributed by atoms with Crippen molar-refractivity contribution in [2.24, 2.45) is 0 Å². The van der Waals surface area contributed by atoms with Crippen LogP contribution in [0.15, 0.2) is 24.3 Å². The molecule has 0 aliphatic carbocycles. The van der Waals surface area contributed by atoms with Crippen LogP contribution in [0.1, 0.15) is 24.1 Å². The molecule has 2 heterocycles. The van der Waals surface area contributed by atoms with Gasteiger partial charge in [-0.15, -0.1) is 0 Å². The van der Waals surface area contributed by atoms with Crippen molar-refractivity contribution in [2.75, 3.05) is 19.8 Å². The van der Waals surface area contributed by atoms with Crippen LogP contribution in [0.2, 0.25) is 0 Å². The van der Waals surface area contributed by atoms with Crippen LogP contribution >= 0.6 is 0 Å². The number of H-pyrrole nitrogens is 1. The summed E-state index contributed by atoms with van der Waals surface area (Å²) in [6, 6.07) is 8.43. The Balaban J connectivity index is 2.09. The van der Waals surface area contributed by atoms with Crippen molar-refractivity contribution in [2.45, 2.75) is 25.2 Å². The molecule has 1 aromatic carbocycles. The zero-order valence-electron chi connectivity index (χ0n) is 10.7. The standard InChI is InChI=1S/C15H19NO2/c1-11-14(12-5-2-3-6-13(12)16-11)15(7-4-8-17)9-18-10-15/h2-3,5-6,16-17H,4,7-10H2,1H3. The summed E-state index contributed by atoms with van der Waals surface area (Å²) in [7, 11) is 0. The van der Waals surface area contributed by atoms with Crippen molar-refractivity contribution in [3.8, 4) is 0 Å². The average molecular weight is 245 g/mol. The summed E-state index contributed by atoms with van der Waals surface area (Å²) >= 11 is 0. The molecule has 0 radical (unpaired) electrons. The molecule has 18 heavy (non-hydrogen) atoms. The minimum atomic E-state index is 0.104. The number of aliphatic hydroxyl groups excluding tert-OH is 1. The molecule has 1 fully saturated rings. The Bertz CT molecular complexity index is 555. The summed E-state index contributed by atoms with van der Waals surface area (Å²) in [6.07, 6.45) is 1.83. The lowest BCUT2D eigenvalue weighted by Crippen LogP contribution is -2.47. The molecule has 2 N–H and O–H groups in total. The van der Waals surface area contributed by atoms with Gasteiger partial charge in [-0.1, -0.05) is 18.2 Å². The second-order valence-electron chi connectivity index (χ2n) is 5.27. The molecule has 3 nitrogen and oxygen atoms in total. The molecule has 96 valence electrons. The Hall–Kier alpha value is -1.32. The highest BCUT2D eigenvalue weighted by Crippen LogP contribution is 2.42. The van der Waals surface area contributed by atoms with E-state index in [2.05, 4.69) is 36.2 Å². The van der Waals surface area contributed by atoms with Crippen molar-refractivity contribution in [3.05, 3.63) is 35.5 Å². The Morgan fingerprint density at radius 1 is 1.33 bits per heavy atom. The molecule has 1 saturated heterocycles. The lowest BCUT2D eigenvalue weighted by atomic mass is 9.74. The smallest absolute Gasteiger partial charge is 0.0586 e. The largest absolute Gasteiger partial charge is 0.396 e. The molecule has 3 heteroatoms. The number of para-hydroxylation sites is 1. The molecule has 0 spiro atoms. The van der Waals surface area contributed by atoms with Crippen LogP contribution in [0.3, 0.4) is 0 Å². The van der Waals surface area contributed by atoms with E-state index in [4.69, 9.17) is 9.84 Å². The highest BCUT2D eigenvalue weighted by molar-refractivity contribution is 5.86. The van der Waals surface area contributed by atoms with Crippen LogP contribution in [0.4, 0.5) is 0 Å². The number of rotatable bonds is 4. The number of aryl methyl sites for hydroxylation is 1. The summed E-state index contributed by atoms with van der Waals surface area (Å²) in [5.74, 6) is 0. The predicted octanol–water partition coefficient (Wildman–Crippen LogP) is 2.52. The first kappa shape index (κ1) is 11.8. The molecule has 2 aromatic rings. The summed E-state index contributed by atoms with van der Waals surface area (Å²) < 4.78 is 5.47. The maximum atomic E-state index is 9.08. The molecule has 0 bridgehead atoms. The van der Waals surface area contributed by atoms with E-state index in [1.807, 2.05) is 0 Å². The summed E-state index contributed by atoms with van der Waals surface area (Å²) in [4.78, 5) is 3.46. The highest BCUT2D eigenvalue weighted by atomic mass is 16.5. The monoisotopic (exact) mass is 245 g/mol. The molecular weight excluding hydrogens is 226 g/mol. The zero-order chi connectivity index (χ0) is 12.6. The van der Waals surface area contributed by atoms with E-state index in [0.29, 0.717) is 0 Å². The van der Waals surface area contributed by atoms with Gasteiger partial charge in [-0.3, -0.25) is 0 Å². The van der Waals surface area contributed by atoms with Crippen molar-refractivity contribution < 1.29 is 9.84 Å². The minimum Gasteiger partial charge on any atom is -0.396 e. The molecule has 1 aliphatic heterocycles. The number of hydrogen-bond donors (Lipinski definition) is 2. The lowest BCUT2D eigenvalue weighted by Gasteiger charge is -2.42. The third-order valence-corrected chi connectivity index (χ3v) is 3.99. The molecule has 3 rings (SSSR count). The second kappa shape index (κ2) is 4.41.